The summed E-state index contributed by atoms with van der Waals surface area (Å²) in [7, 11) is 0. The van der Waals surface area contributed by atoms with Crippen LogP contribution >= 0.6 is 11.6 Å². The summed E-state index contributed by atoms with van der Waals surface area (Å²) < 4.78 is 0. The van der Waals surface area contributed by atoms with E-state index in [-0.39, 0.29) is 0 Å². The third-order valence-corrected chi connectivity index (χ3v) is 3.02. The number of hydrogen-bond donors (Lipinski definition) is 1. The van der Waals surface area contributed by atoms with Gasteiger partial charge < -0.3 is 5.11 Å². The topological polar surface area (TPSA) is 56.9 Å². The van der Waals surface area contributed by atoms with Crippen LogP contribution in [0, 0.1) is 11.3 Å². The molecule has 0 aliphatic rings. The summed E-state index contributed by atoms with van der Waals surface area (Å²) in [6, 6.07) is 8.96. The van der Waals surface area contributed by atoms with Crippen molar-refractivity contribution in [1.82, 2.24) is 4.98 Å². The molecular weight excluding hydrogens is 248 g/mol. The van der Waals surface area contributed by atoms with Gasteiger partial charge in [-0.15, -0.1) is 0 Å². The van der Waals surface area contributed by atoms with E-state index >= 15 is 0 Å². The number of aliphatic hydroxyl groups is 1. The molecule has 0 radical (unpaired) electrons. The average molecular weight is 259 g/mol. The standard InChI is InChI=1S/C14H11ClN2O/c1-9(18)12-4-5-17-8-13(12)10-2-3-11(7-16)14(15)6-10/h2-6,8-9,18H,1H3/t9-/m1/s1. The van der Waals surface area contributed by atoms with Gasteiger partial charge in [0.05, 0.1) is 16.7 Å². The van der Waals surface area contributed by atoms with E-state index in [9.17, 15) is 5.11 Å². The summed E-state index contributed by atoms with van der Waals surface area (Å²) in [6.07, 6.45) is 2.73. The first-order valence-electron chi connectivity index (χ1n) is 5.45. The van der Waals surface area contributed by atoms with Crippen LogP contribution < -0.4 is 0 Å². The van der Waals surface area contributed by atoms with Crippen molar-refractivity contribution in [3.8, 4) is 17.2 Å². The van der Waals surface area contributed by atoms with E-state index < -0.39 is 6.10 Å². The van der Waals surface area contributed by atoms with Crippen molar-refractivity contribution < 1.29 is 5.11 Å². The van der Waals surface area contributed by atoms with Gasteiger partial charge in [-0.1, -0.05) is 17.7 Å². The SMILES string of the molecule is C[C@@H](O)c1ccncc1-c1ccc(C#N)c(Cl)c1. The molecule has 1 aromatic heterocycles. The molecule has 0 unspecified atom stereocenters. The quantitative estimate of drug-likeness (QED) is 0.899. The molecule has 0 spiro atoms. The maximum absolute atomic E-state index is 9.72. The number of pyridine rings is 1. The van der Waals surface area contributed by atoms with Gasteiger partial charge >= 0.3 is 0 Å². The number of benzene rings is 1. The minimum Gasteiger partial charge on any atom is -0.389 e. The Morgan fingerprint density at radius 2 is 2.17 bits per heavy atom. The molecule has 2 rings (SSSR count). The molecule has 1 heterocycles. The number of halogens is 1. The Balaban J connectivity index is 2.56. The van der Waals surface area contributed by atoms with Crippen LogP contribution in [0.5, 0.6) is 0 Å². The molecule has 0 saturated carbocycles. The molecule has 3 nitrogen and oxygen atoms in total. The lowest BCUT2D eigenvalue weighted by atomic mass is 9.98. The predicted octanol–water partition coefficient (Wildman–Crippen LogP) is 3.33. The van der Waals surface area contributed by atoms with Gasteiger partial charge in [-0.25, -0.2) is 0 Å². The first kappa shape index (κ1) is 12.6. The van der Waals surface area contributed by atoms with Crippen LogP contribution in [0.15, 0.2) is 36.7 Å². The highest BCUT2D eigenvalue weighted by Gasteiger charge is 2.11. The second-order valence-corrected chi connectivity index (χ2v) is 4.35. The van der Waals surface area contributed by atoms with Gasteiger partial charge in [0, 0.05) is 18.0 Å². The third-order valence-electron chi connectivity index (χ3n) is 2.71. The van der Waals surface area contributed by atoms with Crippen LogP contribution in [0.3, 0.4) is 0 Å². The van der Waals surface area contributed by atoms with Crippen molar-refractivity contribution >= 4 is 11.6 Å². The second-order valence-electron chi connectivity index (χ2n) is 3.95. The molecule has 90 valence electrons. The Bertz CT molecular complexity index is 617. The smallest absolute Gasteiger partial charge is 0.101 e. The molecule has 1 N–H and O–H groups in total. The zero-order valence-electron chi connectivity index (χ0n) is 9.76. The molecular formula is C14H11ClN2O. The summed E-state index contributed by atoms with van der Waals surface area (Å²) in [6.45, 7) is 1.70. The van der Waals surface area contributed by atoms with Crippen molar-refractivity contribution in [2.24, 2.45) is 0 Å². The predicted molar refractivity (Wildman–Crippen MR) is 70.0 cm³/mol. The lowest BCUT2D eigenvalue weighted by Gasteiger charge is -2.11. The molecule has 1 atom stereocenters. The van der Waals surface area contributed by atoms with Crippen molar-refractivity contribution in [2.75, 3.05) is 0 Å². The Labute approximate surface area is 110 Å². The maximum Gasteiger partial charge on any atom is 0.101 e. The lowest BCUT2D eigenvalue weighted by Crippen LogP contribution is -1.96. The summed E-state index contributed by atoms with van der Waals surface area (Å²) >= 11 is 6.01. The van der Waals surface area contributed by atoms with E-state index in [4.69, 9.17) is 16.9 Å². The third kappa shape index (κ3) is 2.35. The van der Waals surface area contributed by atoms with Gasteiger partial charge in [0.15, 0.2) is 0 Å². The Morgan fingerprint density at radius 1 is 1.39 bits per heavy atom. The van der Waals surface area contributed by atoms with E-state index in [0.29, 0.717) is 10.6 Å². The van der Waals surface area contributed by atoms with Crippen LogP contribution in [0.1, 0.15) is 24.2 Å². The zero-order chi connectivity index (χ0) is 13.1. The van der Waals surface area contributed by atoms with Gasteiger partial charge in [-0.3, -0.25) is 4.98 Å². The van der Waals surface area contributed by atoms with Crippen molar-refractivity contribution in [3.05, 3.63) is 52.8 Å². The minimum atomic E-state index is -0.586. The molecule has 4 heteroatoms. The fourth-order valence-corrected chi connectivity index (χ4v) is 2.01. The van der Waals surface area contributed by atoms with E-state index in [1.54, 1.807) is 43.6 Å². The number of rotatable bonds is 2. The fourth-order valence-electron chi connectivity index (χ4n) is 1.78. The van der Waals surface area contributed by atoms with Crippen LogP contribution in [-0.4, -0.2) is 10.1 Å². The molecule has 0 saturated heterocycles. The van der Waals surface area contributed by atoms with E-state index in [1.807, 2.05) is 6.07 Å². The van der Waals surface area contributed by atoms with Crippen LogP contribution in [0.2, 0.25) is 5.02 Å². The average Bonchev–Trinajstić information content (AvgIpc) is 2.38. The van der Waals surface area contributed by atoms with Gasteiger partial charge in [0.25, 0.3) is 0 Å². The van der Waals surface area contributed by atoms with Crippen molar-refractivity contribution in [3.63, 3.8) is 0 Å². The van der Waals surface area contributed by atoms with Crippen LogP contribution in [0.25, 0.3) is 11.1 Å². The summed E-state index contributed by atoms with van der Waals surface area (Å²) in [5, 5.41) is 19.0. The minimum absolute atomic E-state index is 0.399. The zero-order valence-corrected chi connectivity index (χ0v) is 10.5. The van der Waals surface area contributed by atoms with Crippen molar-refractivity contribution in [2.45, 2.75) is 13.0 Å². The highest BCUT2D eigenvalue weighted by molar-refractivity contribution is 6.32. The number of nitrogens with zero attached hydrogens (tertiary/aromatic N) is 2. The monoisotopic (exact) mass is 258 g/mol. The number of aromatic nitrogens is 1. The molecule has 2 aromatic rings. The largest absolute Gasteiger partial charge is 0.389 e. The Hall–Kier alpha value is -1.89. The van der Waals surface area contributed by atoms with Crippen molar-refractivity contribution in [1.29, 1.82) is 5.26 Å². The Morgan fingerprint density at radius 3 is 2.78 bits per heavy atom. The van der Waals surface area contributed by atoms with Gasteiger partial charge in [-0.05, 0) is 36.2 Å². The number of aliphatic hydroxyl groups excluding tert-OH is 1. The lowest BCUT2D eigenvalue weighted by molar-refractivity contribution is 0.200. The molecule has 0 aliphatic carbocycles. The summed E-state index contributed by atoms with van der Waals surface area (Å²) in [5.41, 5.74) is 2.87. The molecule has 0 fully saturated rings. The number of nitriles is 1. The van der Waals surface area contributed by atoms with E-state index in [1.165, 1.54) is 0 Å². The second kappa shape index (κ2) is 5.18. The first-order valence-corrected chi connectivity index (χ1v) is 5.83. The molecule has 18 heavy (non-hydrogen) atoms. The fraction of sp³-hybridized carbons (Fsp3) is 0.143. The van der Waals surface area contributed by atoms with E-state index in [0.717, 1.165) is 16.7 Å². The Kier molecular flexibility index (Phi) is 3.61. The molecule has 1 aromatic carbocycles. The van der Waals surface area contributed by atoms with Gasteiger partial charge in [0.2, 0.25) is 0 Å². The summed E-state index contributed by atoms with van der Waals surface area (Å²) in [4.78, 5) is 4.06. The van der Waals surface area contributed by atoms with Crippen LogP contribution in [0.4, 0.5) is 0 Å². The number of hydrogen-bond acceptors (Lipinski definition) is 3. The van der Waals surface area contributed by atoms with Gasteiger partial charge in [0.1, 0.15) is 6.07 Å². The molecule has 0 aliphatic heterocycles. The highest BCUT2D eigenvalue weighted by Crippen LogP contribution is 2.30. The van der Waals surface area contributed by atoms with E-state index in [2.05, 4.69) is 4.98 Å². The molecule has 0 amide bonds. The van der Waals surface area contributed by atoms with Crippen LogP contribution in [-0.2, 0) is 0 Å². The normalized spacial score (nSPS) is 11.9. The first-order chi connectivity index (χ1) is 8.63. The van der Waals surface area contributed by atoms with Gasteiger partial charge in [-0.2, -0.15) is 5.26 Å². The maximum atomic E-state index is 9.72. The summed E-state index contributed by atoms with van der Waals surface area (Å²) in [5.74, 6) is 0. The highest BCUT2D eigenvalue weighted by atomic mass is 35.5. The molecule has 0 bridgehead atoms.